The highest BCUT2D eigenvalue weighted by molar-refractivity contribution is 5.47. The summed E-state index contributed by atoms with van der Waals surface area (Å²) in [7, 11) is 0. The number of phenols is 1. The minimum absolute atomic E-state index is 0.171. The first-order valence-electron chi connectivity index (χ1n) is 6.04. The number of rotatable bonds is 3. The Morgan fingerprint density at radius 1 is 1.47 bits per heavy atom. The van der Waals surface area contributed by atoms with Gasteiger partial charge in [0.05, 0.1) is 6.61 Å². The van der Waals surface area contributed by atoms with Crippen molar-refractivity contribution in [2.45, 2.75) is 25.9 Å². The number of nitrogen functional groups attached to an aromatic ring is 1. The number of hydrogen-bond acceptors (Lipinski definition) is 4. The molecule has 17 heavy (non-hydrogen) atoms. The van der Waals surface area contributed by atoms with Crippen molar-refractivity contribution in [1.82, 2.24) is 4.90 Å². The Labute approximate surface area is 102 Å². The standard InChI is InChI=1S/C13H20N2O2/c1-9-4-5-15(12(9)8-16)7-10-6-11(14)2-3-13(10)17/h2-3,6,9,12,16-17H,4-5,7-8,14H2,1H3. The molecule has 2 unspecified atom stereocenters. The highest BCUT2D eigenvalue weighted by Crippen LogP contribution is 2.28. The van der Waals surface area contributed by atoms with E-state index in [2.05, 4.69) is 11.8 Å². The molecule has 4 N–H and O–H groups in total. The summed E-state index contributed by atoms with van der Waals surface area (Å²) in [6.45, 7) is 3.93. The lowest BCUT2D eigenvalue weighted by atomic mass is 10.0. The van der Waals surface area contributed by atoms with Crippen LogP contribution in [-0.4, -0.2) is 34.3 Å². The Bertz CT molecular complexity index is 395. The molecule has 0 amide bonds. The Balaban J connectivity index is 2.12. The molecule has 1 fully saturated rings. The second-order valence-corrected chi connectivity index (χ2v) is 4.87. The summed E-state index contributed by atoms with van der Waals surface area (Å²) < 4.78 is 0. The van der Waals surface area contributed by atoms with E-state index in [4.69, 9.17) is 5.73 Å². The van der Waals surface area contributed by atoms with Crippen molar-refractivity contribution in [3.05, 3.63) is 23.8 Å². The molecule has 0 spiro atoms. The first kappa shape index (κ1) is 12.2. The number of nitrogens with zero attached hydrogens (tertiary/aromatic N) is 1. The van der Waals surface area contributed by atoms with Gasteiger partial charge in [-0.2, -0.15) is 0 Å². The molecule has 4 heteroatoms. The largest absolute Gasteiger partial charge is 0.508 e. The molecule has 1 aliphatic heterocycles. The van der Waals surface area contributed by atoms with Crippen LogP contribution in [0, 0.1) is 5.92 Å². The van der Waals surface area contributed by atoms with E-state index in [9.17, 15) is 10.2 Å². The molecule has 1 aromatic rings. The monoisotopic (exact) mass is 236 g/mol. The molecule has 0 aromatic heterocycles. The third-order valence-corrected chi connectivity index (χ3v) is 3.66. The molecule has 94 valence electrons. The van der Waals surface area contributed by atoms with Crippen LogP contribution in [0.4, 0.5) is 5.69 Å². The molecule has 4 nitrogen and oxygen atoms in total. The van der Waals surface area contributed by atoms with Crippen LogP contribution in [0.5, 0.6) is 5.75 Å². The summed E-state index contributed by atoms with van der Waals surface area (Å²) in [4.78, 5) is 2.21. The maximum atomic E-state index is 9.78. The first-order chi connectivity index (χ1) is 8.11. The van der Waals surface area contributed by atoms with Crippen molar-refractivity contribution in [3.8, 4) is 5.75 Å². The van der Waals surface area contributed by atoms with Gasteiger partial charge in [-0.3, -0.25) is 4.90 Å². The summed E-state index contributed by atoms with van der Waals surface area (Å²) in [5, 5.41) is 19.2. The van der Waals surface area contributed by atoms with Gasteiger partial charge in [0.25, 0.3) is 0 Å². The summed E-state index contributed by atoms with van der Waals surface area (Å²) in [6, 6.07) is 5.30. The second-order valence-electron chi connectivity index (χ2n) is 4.87. The SMILES string of the molecule is CC1CCN(Cc2cc(N)ccc2O)C1CO. The van der Waals surface area contributed by atoms with Gasteiger partial charge in [0, 0.05) is 23.8 Å². The van der Waals surface area contributed by atoms with Gasteiger partial charge in [-0.05, 0) is 37.1 Å². The molecule has 0 radical (unpaired) electrons. The molecule has 2 rings (SSSR count). The van der Waals surface area contributed by atoms with E-state index < -0.39 is 0 Å². The number of anilines is 1. The Kier molecular flexibility index (Phi) is 3.54. The number of hydrogen-bond donors (Lipinski definition) is 3. The van der Waals surface area contributed by atoms with Crippen LogP contribution in [0.2, 0.25) is 0 Å². The van der Waals surface area contributed by atoms with E-state index in [-0.39, 0.29) is 18.4 Å². The fraction of sp³-hybridized carbons (Fsp3) is 0.538. The van der Waals surface area contributed by atoms with Gasteiger partial charge < -0.3 is 15.9 Å². The Morgan fingerprint density at radius 2 is 2.24 bits per heavy atom. The van der Waals surface area contributed by atoms with Gasteiger partial charge in [0.15, 0.2) is 0 Å². The fourth-order valence-corrected chi connectivity index (χ4v) is 2.53. The number of aliphatic hydroxyl groups is 1. The highest BCUT2D eigenvalue weighted by Gasteiger charge is 2.30. The molecule has 1 aliphatic rings. The van der Waals surface area contributed by atoms with Gasteiger partial charge in [0.2, 0.25) is 0 Å². The lowest BCUT2D eigenvalue weighted by molar-refractivity contribution is 0.133. The number of benzene rings is 1. The molecule has 1 heterocycles. The molecule has 0 saturated carbocycles. The quantitative estimate of drug-likeness (QED) is 0.544. The van der Waals surface area contributed by atoms with Gasteiger partial charge in [-0.1, -0.05) is 6.92 Å². The van der Waals surface area contributed by atoms with Gasteiger partial charge in [-0.15, -0.1) is 0 Å². The van der Waals surface area contributed by atoms with Crippen molar-refractivity contribution < 1.29 is 10.2 Å². The first-order valence-corrected chi connectivity index (χ1v) is 6.04. The fourth-order valence-electron chi connectivity index (χ4n) is 2.53. The molecule has 0 aliphatic carbocycles. The zero-order valence-corrected chi connectivity index (χ0v) is 10.1. The van der Waals surface area contributed by atoms with E-state index in [0.29, 0.717) is 18.2 Å². The molecule has 0 bridgehead atoms. The predicted octanol–water partition coefficient (Wildman–Crippen LogP) is 1.18. The van der Waals surface area contributed by atoms with Crippen LogP contribution < -0.4 is 5.73 Å². The topological polar surface area (TPSA) is 69.7 Å². The number of aliphatic hydroxyl groups excluding tert-OH is 1. The maximum absolute atomic E-state index is 9.78. The Hall–Kier alpha value is -1.26. The smallest absolute Gasteiger partial charge is 0.120 e. The number of likely N-dealkylation sites (tertiary alicyclic amines) is 1. The van der Waals surface area contributed by atoms with Crippen LogP contribution in [0.1, 0.15) is 18.9 Å². The highest BCUT2D eigenvalue weighted by atomic mass is 16.3. The zero-order chi connectivity index (χ0) is 12.4. The van der Waals surface area contributed by atoms with E-state index in [1.54, 1.807) is 18.2 Å². The summed E-state index contributed by atoms with van der Waals surface area (Å²) in [5.41, 5.74) is 7.21. The number of aromatic hydroxyl groups is 1. The maximum Gasteiger partial charge on any atom is 0.120 e. The molecular formula is C13H20N2O2. The summed E-state index contributed by atoms with van der Waals surface area (Å²) >= 11 is 0. The summed E-state index contributed by atoms with van der Waals surface area (Å²) in [5.74, 6) is 0.777. The van der Waals surface area contributed by atoms with Crippen molar-refractivity contribution in [2.24, 2.45) is 5.92 Å². The van der Waals surface area contributed by atoms with Crippen LogP contribution in [0.15, 0.2) is 18.2 Å². The van der Waals surface area contributed by atoms with Crippen LogP contribution in [0.3, 0.4) is 0 Å². The molecular weight excluding hydrogens is 216 g/mol. The van der Waals surface area contributed by atoms with Crippen molar-refractivity contribution in [3.63, 3.8) is 0 Å². The molecule has 2 atom stereocenters. The zero-order valence-electron chi connectivity index (χ0n) is 10.1. The van der Waals surface area contributed by atoms with E-state index in [1.807, 2.05) is 0 Å². The second kappa shape index (κ2) is 4.94. The van der Waals surface area contributed by atoms with Crippen LogP contribution >= 0.6 is 0 Å². The number of nitrogens with two attached hydrogens (primary N) is 1. The van der Waals surface area contributed by atoms with Crippen LogP contribution in [-0.2, 0) is 6.54 Å². The molecule has 1 aromatic carbocycles. The van der Waals surface area contributed by atoms with Gasteiger partial charge >= 0.3 is 0 Å². The van der Waals surface area contributed by atoms with Gasteiger partial charge in [0.1, 0.15) is 5.75 Å². The minimum Gasteiger partial charge on any atom is -0.508 e. The third kappa shape index (κ3) is 2.53. The van der Waals surface area contributed by atoms with Crippen molar-refractivity contribution in [2.75, 3.05) is 18.9 Å². The lowest BCUT2D eigenvalue weighted by Crippen LogP contribution is -2.34. The predicted molar refractivity (Wildman–Crippen MR) is 67.6 cm³/mol. The number of phenolic OH excluding ortho intramolecular Hbond substituents is 1. The normalized spacial score (nSPS) is 25.3. The Morgan fingerprint density at radius 3 is 2.94 bits per heavy atom. The average molecular weight is 236 g/mol. The third-order valence-electron chi connectivity index (χ3n) is 3.66. The van der Waals surface area contributed by atoms with Crippen molar-refractivity contribution in [1.29, 1.82) is 0 Å². The van der Waals surface area contributed by atoms with Crippen LogP contribution in [0.25, 0.3) is 0 Å². The molecule has 1 saturated heterocycles. The summed E-state index contributed by atoms with van der Waals surface area (Å²) in [6.07, 6.45) is 1.09. The van der Waals surface area contributed by atoms with Gasteiger partial charge in [-0.25, -0.2) is 0 Å². The van der Waals surface area contributed by atoms with E-state index in [0.717, 1.165) is 18.5 Å². The minimum atomic E-state index is 0.171. The lowest BCUT2D eigenvalue weighted by Gasteiger charge is -2.25. The van der Waals surface area contributed by atoms with E-state index in [1.165, 1.54) is 0 Å². The average Bonchev–Trinajstić information content (AvgIpc) is 2.64. The van der Waals surface area contributed by atoms with Crippen molar-refractivity contribution >= 4 is 5.69 Å². The van der Waals surface area contributed by atoms with E-state index >= 15 is 0 Å².